The summed E-state index contributed by atoms with van der Waals surface area (Å²) in [7, 11) is 0. The Kier molecular flexibility index (Phi) is 5.00. The molecule has 0 spiro atoms. The van der Waals surface area contributed by atoms with E-state index in [1.54, 1.807) is 0 Å². The van der Waals surface area contributed by atoms with Gasteiger partial charge in [-0.15, -0.1) is 0 Å². The van der Waals surface area contributed by atoms with Gasteiger partial charge in [-0.1, -0.05) is 0 Å². The Hall–Kier alpha value is -1.53. The molecule has 1 heterocycles. The van der Waals surface area contributed by atoms with E-state index in [4.69, 9.17) is 0 Å². The number of thioether (sulfide) groups is 1. The summed E-state index contributed by atoms with van der Waals surface area (Å²) in [6.07, 6.45) is 2.48. The van der Waals surface area contributed by atoms with Crippen LogP contribution in [0.1, 0.15) is 19.3 Å². The number of hydrogen-bond acceptors (Lipinski definition) is 4. The summed E-state index contributed by atoms with van der Waals surface area (Å²) in [5, 5.41) is 9.14. The molecule has 1 aliphatic carbocycles. The second-order valence-electron chi connectivity index (χ2n) is 5.82. The molecule has 3 rings (SSSR count). The lowest BCUT2D eigenvalue weighted by molar-refractivity contribution is -0.117. The number of anilines is 2. The summed E-state index contributed by atoms with van der Waals surface area (Å²) < 4.78 is 0. The third-order valence-corrected chi connectivity index (χ3v) is 4.95. The highest BCUT2D eigenvalue weighted by atomic mass is 32.2. The minimum absolute atomic E-state index is 0.0229. The van der Waals surface area contributed by atoms with Crippen molar-refractivity contribution in [3.63, 3.8) is 0 Å². The molecule has 0 radical (unpaired) electrons. The molecule has 5 nitrogen and oxygen atoms in total. The first kappa shape index (κ1) is 15.4. The van der Waals surface area contributed by atoms with Crippen molar-refractivity contribution in [2.75, 3.05) is 28.7 Å². The van der Waals surface area contributed by atoms with Crippen molar-refractivity contribution < 1.29 is 9.59 Å². The molecule has 6 heteroatoms. The fraction of sp³-hybridized carbons (Fsp3) is 0.500. The van der Waals surface area contributed by atoms with Gasteiger partial charge in [0, 0.05) is 47.8 Å². The van der Waals surface area contributed by atoms with Crippen LogP contribution in [0.15, 0.2) is 24.3 Å². The van der Waals surface area contributed by atoms with Gasteiger partial charge in [0.15, 0.2) is 0 Å². The third kappa shape index (κ3) is 4.48. The largest absolute Gasteiger partial charge is 0.326 e. The summed E-state index contributed by atoms with van der Waals surface area (Å²) >= 11 is 1.88. The van der Waals surface area contributed by atoms with E-state index in [0.717, 1.165) is 42.3 Å². The average molecular weight is 319 g/mol. The Labute approximate surface area is 134 Å². The Morgan fingerprint density at radius 1 is 1.14 bits per heavy atom. The molecule has 3 N–H and O–H groups in total. The third-order valence-electron chi connectivity index (χ3n) is 3.81. The minimum Gasteiger partial charge on any atom is -0.326 e. The fourth-order valence-electron chi connectivity index (χ4n) is 2.41. The Balaban J connectivity index is 1.47. The smallest absolute Gasteiger partial charge is 0.227 e. The number of hydrogen-bond donors (Lipinski definition) is 3. The monoisotopic (exact) mass is 319 g/mol. The maximum Gasteiger partial charge on any atom is 0.227 e. The van der Waals surface area contributed by atoms with Crippen molar-refractivity contribution in [2.24, 2.45) is 5.92 Å². The lowest BCUT2D eigenvalue weighted by atomic mass is 10.2. The number of rotatable bonds is 5. The quantitative estimate of drug-likeness (QED) is 0.777. The number of carbonyl (C=O) groups excluding carboxylic acids is 2. The molecule has 1 aromatic rings. The lowest BCUT2D eigenvalue weighted by Crippen LogP contribution is -2.39. The van der Waals surface area contributed by atoms with E-state index in [-0.39, 0.29) is 23.8 Å². The van der Waals surface area contributed by atoms with Gasteiger partial charge < -0.3 is 16.0 Å². The van der Waals surface area contributed by atoms with Crippen LogP contribution in [0.3, 0.4) is 0 Å². The SMILES string of the molecule is O=C(CC1CSCCN1)Nc1ccc(NC(=O)C2CC2)cc1. The second-order valence-corrected chi connectivity index (χ2v) is 6.97. The molecule has 1 atom stereocenters. The molecule has 1 saturated carbocycles. The summed E-state index contributed by atoms with van der Waals surface area (Å²) in [5.41, 5.74) is 1.54. The first-order valence-corrected chi connectivity index (χ1v) is 8.88. The Bertz CT molecular complexity index is 537. The van der Waals surface area contributed by atoms with E-state index in [2.05, 4.69) is 16.0 Å². The molecular weight excluding hydrogens is 298 g/mol. The number of nitrogens with one attached hydrogen (secondary N) is 3. The zero-order valence-electron chi connectivity index (χ0n) is 12.4. The van der Waals surface area contributed by atoms with Gasteiger partial charge in [0.05, 0.1) is 0 Å². The molecule has 22 heavy (non-hydrogen) atoms. The predicted octanol–water partition coefficient (Wildman–Crippen LogP) is 2.07. The van der Waals surface area contributed by atoms with E-state index >= 15 is 0 Å². The van der Waals surface area contributed by atoms with Crippen molar-refractivity contribution in [3.8, 4) is 0 Å². The van der Waals surface area contributed by atoms with Crippen LogP contribution in [0.25, 0.3) is 0 Å². The maximum atomic E-state index is 12.0. The molecule has 1 aromatic carbocycles. The summed E-state index contributed by atoms with van der Waals surface area (Å²) in [5.74, 6) is 2.42. The van der Waals surface area contributed by atoms with Crippen molar-refractivity contribution in [1.29, 1.82) is 0 Å². The van der Waals surface area contributed by atoms with Crippen LogP contribution in [0.2, 0.25) is 0 Å². The van der Waals surface area contributed by atoms with Crippen LogP contribution in [0.5, 0.6) is 0 Å². The molecule has 1 unspecified atom stereocenters. The van der Waals surface area contributed by atoms with Gasteiger partial charge in [-0.2, -0.15) is 11.8 Å². The molecular formula is C16H21N3O2S. The van der Waals surface area contributed by atoms with E-state index in [9.17, 15) is 9.59 Å². The van der Waals surface area contributed by atoms with Crippen LogP contribution in [0, 0.1) is 5.92 Å². The highest BCUT2D eigenvalue weighted by molar-refractivity contribution is 7.99. The topological polar surface area (TPSA) is 70.2 Å². The molecule has 2 fully saturated rings. The van der Waals surface area contributed by atoms with Gasteiger partial charge >= 0.3 is 0 Å². The molecule has 1 aliphatic heterocycles. The van der Waals surface area contributed by atoms with Crippen LogP contribution < -0.4 is 16.0 Å². The second kappa shape index (κ2) is 7.15. The van der Waals surface area contributed by atoms with Crippen molar-refractivity contribution in [1.82, 2.24) is 5.32 Å². The van der Waals surface area contributed by atoms with E-state index < -0.39 is 0 Å². The van der Waals surface area contributed by atoms with Gasteiger partial charge in [-0.25, -0.2) is 0 Å². The zero-order chi connectivity index (χ0) is 15.4. The van der Waals surface area contributed by atoms with E-state index in [1.807, 2.05) is 36.0 Å². The first-order chi connectivity index (χ1) is 10.7. The van der Waals surface area contributed by atoms with Gasteiger partial charge in [-0.3, -0.25) is 9.59 Å². The molecule has 2 aliphatic rings. The fourth-order valence-corrected chi connectivity index (χ4v) is 3.36. The lowest BCUT2D eigenvalue weighted by Gasteiger charge is -2.22. The van der Waals surface area contributed by atoms with Crippen molar-refractivity contribution in [3.05, 3.63) is 24.3 Å². The van der Waals surface area contributed by atoms with Crippen molar-refractivity contribution >= 4 is 35.0 Å². The summed E-state index contributed by atoms with van der Waals surface area (Å²) in [6.45, 7) is 0.970. The van der Waals surface area contributed by atoms with Crippen LogP contribution in [-0.4, -0.2) is 35.9 Å². The number of carbonyl (C=O) groups is 2. The normalized spacial score (nSPS) is 21.2. The van der Waals surface area contributed by atoms with Gasteiger partial charge in [0.2, 0.25) is 11.8 Å². The zero-order valence-corrected chi connectivity index (χ0v) is 13.2. The van der Waals surface area contributed by atoms with Crippen LogP contribution >= 0.6 is 11.8 Å². The first-order valence-electron chi connectivity index (χ1n) is 7.72. The molecule has 2 amide bonds. The highest BCUT2D eigenvalue weighted by Gasteiger charge is 2.29. The molecule has 0 bridgehead atoms. The maximum absolute atomic E-state index is 12.0. The Morgan fingerprint density at radius 2 is 1.82 bits per heavy atom. The molecule has 1 saturated heterocycles. The standard InChI is InChI=1S/C16H21N3O2S/c20-15(9-14-10-22-8-7-17-14)18-12-3-5-13(6-4-12)19-16(21)11-1-2-11/h3-6,11,14,17H,1-2,7-10H2,(H,18,20)(H,19,21). The van der Waals surface area contributed by atoms with E-state index in [1.165, 1.54) is 0 Å². The predicted molar refractivity (Wildman–Crippen MR) is 90.2 cm³/mol. The van der Waals surface area contributed by atoms with E-state index in [0.29, 0.717) is 6.42 Å². The van der Waals surface area contributed by atoms with Gasteiger partial charge in [0.1, 0.15) is 0 Å². The summed E-state index contributed by atoms with van der Waals surface area (Å²) in [4.78, 5) is 23.7. The molecule has 0 aromatic heterocycles. The molecule has 118 valence electrons. The number of amides is 2. The Morgan fingerprint density at radius 3 is 2.41 bits per heavy atom. The average Bonchev–Trinajstić information content (AvgIpc) is 3.35. The van der Waals surface area contributed by atoms with Crippen molar-refractivity contribution in [2.45, 2.75) is 25.3 Å². The van der Waals surface area contributed by atoms with Gasteiger partial charge in [-0.05, 0) is 37.1 Å². The van der Waals surface area contributed by atoms with Crippen LogP contribution in [0.4, 0.5) is 11.4 Å². The summed E-state index contributed by atoms with van der Waals surface area (Å²) in [6, 6.07) is 7.55. The van der Waals surface area contributed by atoms with Gasteiger partial charge in [0.25, 0.3) is 0 Å². The number of benzene rings is 1. The van der Waals surface area contributed by atoms with Crippen LogP contribution in [-0.2, 0) is 9.59 Å². The minimum atomic E-state index is 0.0229. The highest BCUT2D eigenvalue weighted by Crippen LogP contribution is 2.30.